The van der Waals surface area contributed by atoms with Gasteiger partial charge in [-0.2, -0.15) is 15.3 Å². The smallest absolute Gasteiger partial charge is 0.276 e. The molecule has 0 amide bonds. The van der Waals surface area contributed by atoms with Gasteiger partial charge in [0.15, 0.2) is 11.6 Å². The van der Waals surface area contributed by atoms with Crippen molar-refractivity contribution in [3.8, 4) is 17.7 Å². The molecule has 7 nitrogen and oxygen atoms in total. The topological polar surface area (TPSA) is 97.6 Å². The molecule has 0 aliphatic heterocycles. The molecule has 2 heterocycles. The van der Waals surface area contributed by atoms with Crippen molar-refractivity contribution in [1.82, 2.24) is 19.9 Å². The Morgan fingerprint density at radius 2 is 2.08 bits per heavy atom. The quantitative estimate of drug-likeness (QED) is 0.782. The number of nitriles is 1. The van der Waals surface area contributed by atoms with Gasteiger partial charge in [-0.15, -0.1) is 0 Å². The molecule has 2 aliphatic carbocycles. The largest absolute Gasteiger partial charge is 0.332 e. The highest BCUT2D eigenvalue weighted by Crippen LogP contribution is 2.57. The summed E-state index contributed by atoms with van der Waals surface area (Å²) in [6.45, 7) is 7.92. The molecule has 1 saturated carbocycles. The number of Topliss-reactive ketones (excluding diaryl/α,β-unsaturated/α-hetero) is 1. The van der Waals surface area contributed by atoms with Gasteiger partial charge in [-0.3, -0.25) is 9.48 Å². The molecule has 0 aromatic carbocycles. The van der Waals surface area contributed by atoms with Crippen LogP contribution in [0.15, 0.2) is 4.52 Å². The lowest BCUT2D eigenvalue weighted by Gasteiger charge is -2.52. The van der Waals surface area contributed by atoms with Crippen LogP contribution < -0.4 is 0 Å². The second kappa shape index (κ2) is 5.26. The number of aryl methyl sites for hydroxylation is 2. The number of nitrogens with zero attached hydrogens (tertiary/aromatic N) is 5. The average molecular weight is 353 g/mol. The molecular formula is C19H23N5O2. The highest BCUT2D eigenvalue weighted by atomic mass is 16.5. The first-order valence-electron chi connectivity index (χ1n) is 9.01. The summed E-state index contributed by atoms with van der Waals surface area (Å²) in [5.74, 6) is 0.697. The maximum atomic E-state index is 12.8. The summed E-state index contributed by atoms with van der Waals surface area (Å²) < 4.78 is 7.20. The Kier molecular flexibility index (Phi) is 3.43. The molecule has 2 aliphatic rings. The number of aromatic nitrogens is 4. The van der Waals surface area contributed by atoms with E-state index in [9.17, 15) is 10.1 Å². The second-order valence-electron chi connectivity index (χ2n) is 8.43. The summed E-state index contributed by atoms with van der Waals surface area (Å²) in [4.78, 5) is 17.2. The Hall–Kier alpha value is -2.49. The summed E-state index contributed by atoms with van der Waals surface area (Å²) >= 11 is 0. The summed E-state index contributed by atoms with van der Waals surface area (Å²) in [5.41, 5.74) is 2.07. The van der Waals surface area contributed by atoms with Crippen molar-refractivity contribution < 1.29 is 9.32 Å². The van der Waals surface area contributed by atoms with Crippen LogP contribution in [0, 0.1) is 35.5 Å². The second-order valence-corrected chi connectivity index (χ2v) is 8.43. The van der Waals surface area contributed by atoms with Crippen molar-refractivity contribution in [2.75, 3.05) is 0 Å². The molecule has 2 aromatic rings. The first-order chi connectivity index (χ1) is 12.2. The minimum absolute atomic E-state index is 0.0644. The molecule has 4 rings (SSSR count). The molecule has 3 atom stereocenters. The van der Waals surface area contributed by atoms with Crippen LogP contribution in [0.2, 0.25) is 0 Å². The van der Waals surface area contributed by atoms with E-state index in [0.29, 0.717) is 18.1 Å². The summed E-state index contributed by atoms with van der Waals surface area (Å²) in [6.07, 6.45) is 2.21. The van der Waals surface area contributed by atoms with Crippen molar-refractivity contribution >= 4 is 5.78 Å². The van der Waals surface area contributed by atoms with Crippen molar-refractivity contribution in [1.29, 1.82) is 5.26 Å². The number of fused-ring (bicyclic) bond motifs is 3. The van der Waals surface area contributed by atoms with Gasteiger partial charge >= 0.3 is 0 Å². The summed E-state index contributed by atoms with van der Waals surface area (Å²) in [6, 6.07) is 2.23. The van der Waals surface area contributed by atoms with Gasteiger partial charge in [0.05, 0.1) is 11.8 Å². The minimum Gasteiger partial charge on any atom is -0.332 e. The fourth-order valence-corrected chi connectivity index (χ4v) is 5.33. The fourth-order valence-electron chi connectivity index (χ4n) is 5.33. The summed E-state index contributed by atoms with van der Waals surface area (Å²) in [7, 11) is 1.88. The molecule has 2 unspecified atom stereocenters. The van der Waals surface area contributed by atoms with Crippen LogP contribution in [0.4, 0.5) is 0 Å². The van der Waals surface area contributed by atoms with Crippen LogP contribution in [0.5, 0.6) is 0 Å². The predicted octanol–water partition coefficient (Wildman–Crippen LogP) is 2.74. The highest BCUT2D eigenvalue weighted by Gasteiger charge is 2.58. The molecule has 0 radical (unpaired) electrons. The van der Waals surface area contributed by atoms with E-state index in [0.717, 1.165) is 29.8 Å². The van der Waals surface area contributed by atoms with Crippen LogP contribution in [0.25, 0.3) is 11.6 Å². The molecular weight excluding hydrogens is 330 g/mol. The van der Waals surface area contributed by atoms with E-state index in [2.05, 4.69) is 23.1 Å². The molecule has 0 N–H and O–H groups in total. The SMILES string of the molecule is Cc1noc(-c2c3c(nn2C)C2(C)CC(C#N)C(=O)C(C)(C)[C@@H]2CC3)n1. The number of hydrogen-bond donors (Lipinski definition) is 0. The first-order valence-corrected chi connectivity index (χ1v) is 9.01. The van der Waals surface area contributed by atoms with Crippen molar-refractivity contribution in [3.63, 3.8) is 0 Å². The van der Waals surface area contributed by atoms with Gasteiger partial charge in [0.2, 0.25) is 0 Å². The third-order valence-electron chi connectivity index (χ3n) is 6.48. The van der Waals surface area contributed by atoms with Crippen molar-refractivity contribution in [3.05, 3.63) is 17.1 Å². The van der Waals surface area contributed by atoms with Crippen LogP contribution in [-0.4, -0.2) is 25.7 Å². The molecule has 0 saturated heterocycles. The Morgan fingerprint density at radius 1 is 1.35 bits per heavy atom. The van der Waals surface area contributed by atoms with Crippen LogP contribution in [-0.2, 0) is 23.7 Å². The van der Waals surface area contributed by atoms with Crippen LogP contribution in [0.3, 0.4) is 0 Å². The van der Waals surface area contributed by atoms with Gasteiger partial charge in [0.1, 0.15) is 11.6 Å². The lowest BCUT2D eigenvalue weighted by atomic mass is 9.49. The van der Waals surface area contributed by atoms with Crippen molar-refractivity contribution in [2.45, 2.75) is 52.4 Å². The Morgan fingerprint density at radius 3 is 2.69 bits per heavy atom. The number of carbonyl (C=O) groups excluding carboxylic acids is 1. The first kappa shape index (κ1) is 17.0. The molecule has 26 heavy (non-hydrogen) atoms. The van der Waals surface area contributed by atoms with Crippen LogP contribution in [0.1, 0.15) is 50.7 Å². The molecule has 7 heteroatoms. The van der Waals surface area contributed by atoms with E-state index < -0.39 is 11.3 Å². The maximum absolute atomic E-state index is 12.8. The maximum Gasteiger partial charge on any atom is 0.276 e. The van der Waals surface area contributed by atoms with E-state index in [-0.39, 0.29) is 17.1 Å². The van der Waals surface area contributed by atoms with E-state index in [1.165, 1.54) is 0 Å². The van der Waals surface area contributed by atoms with Crippen LogP contribution >= 0.6 is 0 Å². The average Bonchev–Trinajstić information content (AvgIpc) is 3.14. The van der Waals surface area contributed by atoms with E-state index in [4.69, 9.17) is 9.62 Å². The van der Waals surface area contributed by atoms with Gasteiger partial charge in [-0.1, -0.05) is 25.9 Å². The molecule has 0 spiro atoms. The van der Waals surface area contributed by atoms with Gasteiger partial charge in [0.25, 0.3) is 5.89 Å². The number of ketones is 1. The molecule has 0 bridgehead atoms. The number of hydrogen-bond acceptors (Lipinski definition) is 6. The number of carbonyl (C=O) groups is 1. The number of rotatable bonds is 1. The third kappa shape index (κ3) is 2.05. The summed E-state index contributed by atoms with van der Waals surface area (Å²) in [5, 5.41) is 18.3. The van der Waals surface area contributed by atoms with Gasteiger partial charge < -0.3 is 4.52 Å². The Labute approximate surface area is 152 Å². The van der Waals surface area contributed by atoms with Gasteiger partial charge in [0, 0.05) is 23.4 Å². The predicted molar refractivity (Wildman–Crippen MR) is 92.9 cm³/mol. The monoisotopic (exact) mass is 353 g/mol. The molecule has 2 aromatic heterocycles. The normalized spacial score (nSPS) is 29.8. The van der Waals surface area contributed by atoms with E-state index in [1.54, 1.807) is 11.6 Å². The lowest BCUT2D eigenvalue weighted by Crippen LogP contribution is -2.55. The Bertz CT molecular complexity index is 948. The molecule has 1 fully saturated rings. The highest BCUT2D eigenvalue weighted by molar-refractivity contribution is 5.90. The van der Waals surface area contributed by atoms with E-state index in [1.807, 2.05) is 20.9 Å². The zero-order valence-corrected chi connectivity index (χ0v) is 15.8. The third-order valence-corrected chi connectivity index (χ3v) is 6.48. The van der Waals surface area contributed by atoms with Gasteiger partial charge in [-0.25, -0.2) is 0 Å². The fraction of sp³-hybridized carbons (Fsp3) is 0.632. The lowest BCUT2D eigenvalue weighted by molar-refractivity contribution is -0.140. The minimum atomic E-state index is -0.590. The standard InChI is InChI=1S/C19H23N5O2/c1-10-21-17(26-23-10)14-12-6-7-13-18(2,3)16(25)11(9-20)8-19(13,4)15(12)22-24(14)5/h11,13H,6-8H2,1-5H3/t11?,13-,19?/m0/s1. The van der Waals surface area contributed by atoms with Crippen molar-refractivity contribution in [2.24, 2.45) is 24.3 Å². The molecule has 136 valence electrons. The zero-order chi connectivity index (χ0) is 18.9. The Balaban J connectivity index is 1.89. The van der Waals surface area contributed by atoms with E-state index >= 15 is 0 Å². The van der Waals surface area contributed by atoms with Gasteiger partial charge in [-0.05, 0) is 32.1 Å². The zero-order valence-electron chi connectivity index (χ0n) is 15.8.